The third-order valence-electron chi connectivity index (χ3n) is 3.72. The molecule has 0 saturated carbocycles. The number of nitrogens with one attached hydrogen (secondary N) is 1. The highest BCUT2D eigenvalue weighted by Crippen LogP contribution is 2.31. The van der Waals surface area contributed by atoms with Crippen molar-refractivity contribution in [2.24, 2.45) is 5.92 Å². The molecule has 1 atom stereocenters. The molecule has 1 N–H and O–H groups in total. The molecule has 6 heteroatoms. The number of aromatic nitrogens is 2. The number of carbonyl (C=O) groups excluding carboxylic acids is 1. The molecule has 0 spiro atoms. The smallest absolute Gasteiger partial charge is 0.234 e. The van der Waals surface area contributed by atoms with Crippen molar-refractivity contribution >= 4 is 17.7 Å². The third-order valence-corrected chi connectivity index (χ3v) is 5.25. The van der Waals surface area contributed by atoms with E-state index in [0.29, 0.717) is 17.1 Å². The van der Waals surface area contributed by atoms with Crippen LogP contribution < -0.4 is 5.32 Å². The number of hydrogen-bond donors (Lipinski definition) is 1. The molecule has 0 aromatic carbocycles. The minimum atomic E-state index is -0.322. The molecule has 2 aromatic heterocycles. The summed E-state index contributed by atoms with van der Waals surface area (Å²) in [6.07, 6.45) is 3.43. The lowest BCUT2D eigenvalue weighted by Crippen LogP contribution is -2.35. The zero-order valence-corrected chi connectivity index (χ0v) is 15.7. The maximum Gasteiger partial charge on any atom is 0.234 e. The highest BCUT2D eigenvalue weighted by Gasteiger charge is 2.25. The van der Waals surface area contributed by atoms with Crippen molar-refractivity contribution in [2.75, 3.05) is 0 Å². The van der Waals surface area contributed by atoms with Crippen LogP contribution in [0.1, 0.15) is 36.2 Å². The van der Waals surface area contributed by atoms with E-state index in [1.54, 1.807) is 12.4 Å². The van der Waals surface area contributed by atoms with Gasteiger partial charge in [0.25, 0.3) is 0 Å². The number of carbonyl (C=O) groups is 1. The Morgan fingerprint density at radius 2 is 2.16 bits per heavy atom. The lowest BCUT2D eigenvalue weighted by atomic mass is 10.1. The van der Waals surface area contributed by atoms with Gasteiger partial charge in [-0.2, -0.15) is 5.26 Å². The quantitative estimate of drug-likeness (QED) is 0.804. The molecular formula is C19H22N4OS. The number of pyridine rings is 2. The summed E-state index contributed by atoms with van der Waals surface area (Å²) in [7, 11) is 0. The number of rotatable bonds is 6. The molecule has 2 heterocycles. The summed E-state index contributed by atoms with van der Waals surface area (Å²) in [5.41, 5.74) is 3.22. The van der Waals surface area contributed by atoms with Gasteiger partial charge in [0.15, 0.2) is 0 Å². The molecule has 0 radical (unpaired) electrons. The molecule has 2 aromatic rings. The minimum absolute atomic E-state index is 0.0614. The van der Waals surface area contributed by atoms with Crippen LogP contribution in [0.2, 0.25) is 0 Å². The Bertz CT molecular complexity index is 784. The van der Waals surface area contributed by atoms with Gasteiger partial charge in [-0.1, -0.05) is 31.7 Å². The van der Waals surface area contributed by atoms with Crippen molar-refractivity contribution in [1.29, 1.82) is 5.26 Å². The van der Waals surface area contributed by atoms with Gasteiger partial charge in [0.1, 0.15) is 11.1 Å². The highest BCUT2D eigenvalue weighted by atomic mass is 32.2. The molecule has 0 unspecified atom stereocenters. The van der Waals surface area contributed by atoms with E-state index in [2.05, 4.69) is 21.4 Å². The Kier molecular flexibility index (Phi) is 6.54. The van der Waals surface area contributed by atoms with Crippen molar-refractivity contribution in [3.8, 4) is 6.07 Å². The summed E-state index contributed by atoms with van der Waals surface area (Å²) < 4.78 is 0. The second-order valence-corrected chi connectivity index (χ2v) is 7.36. The zero-order chi connectivity index (χ0) is 18.4. The first kappa shape index (κ1) is 18.9. The highest BCUT2D eigenvalue weighted by molar-refractivity contribution is 8.00. The topological polar surface area (TPSA) is 78.7 Å². The van der Waals surface area contributed by atoms with Crippen molar-refractivity contribution in [1.82, 2.24) is 15.3 Å². The van der Waals surface area contributed by atoms with E-state index >= 15 is 0 Å². The number of hydrogen-bond acceptors (Lipinski definition) is 5. The van der Waals surface area contributed by atoms with E-state index < -0.39 is 0 Å². The van der Waals surface area contributed by atoms with E-state index in [1.807, 2.05) is 45.9 Å². The van der Waals surface area contributed by atoms with E-state index in [-0.39, 0.29) is 17.1 Å². The molecule has 2 rings (SSSR count). The van der Waals surface area contributed by atoms with Crippen molar-refractivity contribution in [2.45, 2.75) is 44.5 Å². The standard InChI is InChI=1S/C19H22N4OS/c1-12(2)17(18(24)22-11-15-6-5-7-21-10-15)25-19-16(9-20)13(3)8-14(4)23-19/h5-8,10,12,17H,11H2,1-4H3,(H,22,24)/t17-/m0/s1. The average Bonchev–Trinajstić information content (AvgIpc) is 2.57. The number of amides is 1. The first-order valence-electron chi connectivity index (χ1n) is 8.14. The van der Waals surface area contributed by atoms with Gasteiger partial charge >= 0.3 is 0 Å². The number of nitriles is 1. The van der Waals surface area contributed by atoms with Crippen LogP contribution in [0.5, 0.6) is 0 Å². The van der Waals surface area contributed by atoms with Crippen molar-refractivity contribution < 1.29 is 4.79 Å². The summed E-state index contributed by atoms with van der Waals surface area (Å²) >= 11 is 1.36. The largest absolute Gasteiger partial charge is 0.351 e. The average molecular weight is 354 g/mol. The molecule has 0 saturated heterocycles. The maximum absolute atomic E-state index is 12.7. The summed E-state index contributed by atoms with van der Waals surface area (Å²) in [5, 5.41) is 12.7. The van der Waals surface area contributed by atoms with Crippen LogP contribution in [-0.4, -0.2) is 21.1 Å². The maximum atomic E-state index is 12.7. The Balaban J connectivity index is 2.16. The van der Waals surface area contributed by atoms with Crippen molar-refractivity contribution in [3.05, 3.63) is 53.0 Å². The van der Waals surface area contributed by atoms with Gasteiger partial charge in [0.05, 0.1) is 10.8 Å². The fraction of sp³-hybridized carbons (Fsp3) is 0.368. The Morgan fingerprint density at radius 1 is 1.40 bits per heavy atom. The van der Waals surface area contributed by atoms with Crippen molar-refractivity contribution in [3.63, 3.8) is 0 Å². The molecule has 0 aliphatic heterocycles. The van der Waals surface area contributed by atoms with Crippen LogP contribution in [0.4, 0.5) is 0 Å². The van der Waals surface area contributed by atoms with E-state index in [4.69, 9.17) is 0 Å². The molecule has 5 nitrogen and oxygen atoms in total. The predicted octanol–water partition coefficient (Wildman–Crippen LogP) is 3.40. The number of thioether (sulfide) groups is 1. The second kappa shape index (κ2) is 8.63. The van der Waals surface area contributed by atoms with Crippen LogP contribution in [0, 0.1) is 31.1 Å². The predicted molar refractivity (Wildman–Crippen MR) is 99.0 cm³/mol. The molecule has 0 fully saturated rings. The van der Waals surface area contributed by atoms with Gasteiger partial charge in [-0.3, -0.25) is 9.78 Å². The molecule has 0 aliphatic carbocycles. The molecule has 0 bridgehead atoms. The van der Waals surface area contributed by atoms with Crippen LogP contribution in [0.25, 0.3) is 0 Å². The van der Waals surface area contributed by atoms with Crippen LogP contribution in [0.3, 0.4) is 0 Å². The Hall–Kier alpha value is -2.39. The Labute approximate surface area is 152 Å². The summed E-state index contributed by atoms with van der Waals surface area (Å²) in [6, 6.07) is 7.86. The first-order chi connectivity index (χ1) is 11.9. The Morgan fingerprint density at radius 3 is 2.76 bits per heavy atom. The fourth-order valence-electron chi connectivity index (χ4n) is 2.43. The number of nitrogens with zero attached hydrogens (tertiary/aromatic N) is 3. The SMILES string of the molecule is Cc1cc(C)c(C#N)c(S[C@H](C(=O)NCc2cccnc2)C(C)C)n1. The van der Waals surface area contributed by atoms with Gasteiger partial charge < -0.3 is 5.32 Å². The van der Waals surface area contributed by atoms with Gasteiger partial charge in [0.2, 0.25) is 5.91 Å². The van der Waals surface area contributed by atoms with Gasteiger partial charge in [-0.05, 0) is 43.0 Å². The zero-order valence-electron chi connectivity index (χ0n) is 14.9. The summed E-state index contributed by atoms with van der Waals surface area (Å²) in [5.74, 6) is 0.0433. The van der Waals surface area contributed by atoms with Crippen LogP contribution >= 0.6 is 11.8 Å². The van der Waals surface area contributed by atoms with Crippen LogP contribution in [0.15, 0.2) is 35.6 Å². The second-order valence-electron chi connectivity index (χ2n) is 6.23. The van der Waals surface area contributed by atoms with Gasteiger partial charge in [0, 0.05) is 24.6 Å². The lowest BCUT2D eigenvalue weighted by molar-refractivity contribution is -0.121. The molecule has 1 amide bonds. The lowest BCUT2D eigenvalue weighted by Gasteiger charge is -2.20. The minimum Gasteiger partial charge on any atom is -0.351 e. The van der Waals surface area contributed by atoms with E-state index in [9.17, 15) is 10.1 Å². The molecule has 0 aliphatic rings. The molecular weight excluding hydrogens is 332 g/mol. The summed E-state index contributed by atoms with van der Waals surface area (Å²) in [6.45, 7) is 8.21. The normalized spacial score (nSPS) is 11.8. The monoisotopic (exact) mass is 354 g/mol. The molecule has 25 heavy (non-hydrogen) atoms. The third kappa shape index (κ3) is 5.04. The molecule has 130 valence electrons. The summed E-state index contributed by atoms with van der Waals surface area (Å²) in [4.78, 5) is 21.2. The van der Waals surface area contributed by atoms with Gasteiger partial charge in [-0.15, -0.1) is 0 Å². The van der Waals surface area contributed by atoms with E-state index in [1.165, 1.54) is 11.8 Å². The first-order valence-corrected chi connectivity index (χ1v) is 9.02. The van der Waals surface area contributed by atoms with E-state index in [0.717, 1.165) is 16.8 Å². The number of aryl methyl sites for hydroxylation is 2. The van der Waals surface area contributed by atoms with Gasteiger partial charge in [-0.25, -0.2) is 4.98 Å². The fourth-order valence-corrected chi connectivity index (χ4v) is 3.65. The van der Waals surface area contributed by atoms with Crippen LogP contribution in [-0.2, 0) is 11.3 Å².